The predicted molar refractivity (Wildman–Crippen MR) is 120 cm³/mol. The molecular formula is C24H23ClN4O3. The highest BCUT2D eigenvalue weighted by Crippen LogP contribution is 2.31. The van der Waals surface area contributed by atoms with Crippen molar-refractivity contribution < 1.29 is 14.6 Å². The Morgan fingerprint density at radius 2 is 1.88 bits per heavy atom. The molecule has 0 saturated carbocycles. The number of ether oxygens (including phenoxy) is 1. The van der Waals surface area contributed by atoms with Gasteiger partial charge in [0, 0.05) is 18.7 Å². The Morgan fingerprint density at radius 1 is 1.19 bits per heavy atom. The Kier molecular flexibility index (Phi) is 6.17. The van der Waals surface area contributed by atoms with Gasteiger partial charge in [-0.05, 0) is 69.2 Å². The highest BCUT2D eigenvalue weighted by Gasteiger charge is 2.22. The van der Waals surface area contributed by atoms with Gasteiger partial charge >= 0.3 is 0 Å². The lowest BCUT2D eigenvalue weighted by atomic mass is 10.1. The van der Waals surface area contributed by atoms with E-state index in [9.17, 15) is 9.90 Å². The van der Waals surface area contributed by atoms with Crippen LogP contribution in [0.3, 0.4) is 0 Å². The molecule has 0 radical (unpaired) electrons. The topological polar surface area (TPSA) is 91.4 Å². The number of aromatic nitrogens is 2. The summed E-state index contributed by atoms with van der Waals surface area (Å²) in [5.74, 6) is 1.18. The molecule has 3 aromatic rings. The standard InChI is InChI=1S/C24H23ClN4O3/c1-15-23(16(2)29(27-15)19-6-3-18(14-26)22(25)13-19)32-21-7-4-17(5-8-21)24(31)28-11-9-20(30)10-12-28/h3-8,13,20,30H,9-12H2,1-2H3. The molecular weight excluding hydrogens is 428 g/mol. The van der Waals surface area contributed by atoms with E-state index in [1.165, 1.54) is 0 Å². The van der Waals surface area contributed by atoms with Crippen LogP contribution in [0, 0.1) is 25.2 Å². The van der Waals surface area contributed by atoms with Crippen molar-refractivity contribution in [2.75, 3.05) is 13.1 Å². The number of likely N-dealkylation sites (tertiary alicyclic amines) is 1. The maximum Gasteiger partial charge on any atom is 0.253 e. The Balaban J connectivity index is 1.52. The maximum atomic E-state index is 12.7. The molecule has 8 heteroatoms. The summed E-state index contributed by atoms with van der Waals surface area (Å²) < 4.78 is 7.81. The second kappa shape index (κ2) is 9.03. The first-order chi connectivity index (χ1) is 15.4. The normalized spacial score (nSPS) is 14.3. The monoisotopic (exact) mass is 450 g/mol. The number of aryl methyl sites for hydroxylation is 1. The van der Waals surface area contributed by atoms with Crippen molar-refractivity contribution >= 4 is 17.5 Å². The average molecular weight is 451 g/mol. The Morgan fingerprint density at radius 3 is 2.50 bits per heavy atom. The van der Waals surface area contributed by atoms with E-state index in [1.54, 1.807) is 52.0 Å². The number of amides is 1. The lowest BCUT2D eigenvalue weighted by Gasteiger charge is -2.29. The molecule has 2 heterocycles. The molecule has 0 spiro atoms. The summed E-state index contributed by atoms with van der Waals surface area (Å²) in [5, 5.41) is 23.6. The van der Waals surface area contributed by atoms with Gasteiger partial charge in [-0.25, -0.2) is 4.68 Å². The largest absolute Gasteiger partial charge is 0.453 e. The number of nitriles is 1. The number of aliphatic hydroxyl groups excluding tert-OH is 1. The van der Waals surface area contributed by atoms with E-state index in [4.69, 9.17) is 21.6 Å². The molecule has 1 fully saturated rings. The first-order valence-corrected chi connectivity index (χ1v) is 10.8. The number of nitrogens with zero attached hydrogens (tertiary/aromatic N) is 4. The van der Waals surface area contributed by atoms with Crippen molar-refractivity contribution in [3.05, 3.63) is 70.0 Å². The summed E-state index contributed by atoms with van der Waals surface area (Å²) in [7, 11) is 0. The van der Waals surface area contributed by atoms with Crippen molar-refractivity contribution in [2.24, 2.45) is 0 Å². The van der Waals surface area contributed by atoms with Crippen LogP contribution in [0.15, 0.2) is 42.5 Å². The predicted octanol–water partition coefficient (Wildman–Crippen LogP) is 4.40. The van der Waals surface area contributed by atoms with E-state index in [0.717, 1.165) is 11.4 Å². The second-order valence-corrected chi connectivity index (χ2v) is 8.24. The summed E-state index contributed by atoms with van der Waals surface area (Å²) in [6.07, 6.45) is 0.905. The molecule has 2 aromatic carbocycles. The van der Waals surface area contributed by atoms with E-state index >= 15 is 0 Å². The van der Waals surface area contributed by atoms with Crippen LogP contribution >= 0.6 is 11.6 Å². The van der Waals surface area contributed by atoms with Crippen molar-refractivity contribution in [1.29, 1.82) is 5.26 Å². The van der Waals surface area contributed by atoms with Crippen molar-refractivity contribution in [1.82, 2.24) is 14.7 Å². The number of hydrogen-bond acceptors (Lipinski definition) is 5. The molecule has 7 nitrogen and oxygen atoms in total. The molecule has 0 atom stereocenters. The minimum atomic E-state index is -0.317. The first kappa shape index (κ1) is 21.9. The summed E-state index contributed by atoms with van der Waals surface area (Å²) in [5.41, 5.74) is 3.22. The van der Waals surface area contributed by atoms with Gasteiger partial charge in [0.25, 0.3) is 5.91 Å². The van der Waals surface area contributed by atoms with Gasteiger partial charge in [0.1, 0.15) is 17.5 Å². The number of rotatable bonds is 4. The Hall–Kier alpha value is -3.34. The van der Waals surface area contributed by atoms with Crippen LogP contribution in [-0.2, 0) is 0 Å². The molecule has 4 rings (SSSR count). The van der Waals surface area contributed by atoms with Crippen LogP contribution in [0.4, 0.5) is 0 Å². The highest BCUT2D eigenvalue weighted by atomic mass is 35.5. The number of aliphatic hydroxyl groups is 1. The third-order valence-electron chi connectivity index (χ3n) is 5.62. The number of hydrogen-bond donors (Lipinski definition) is 1. The molecule has 0 unspecified atom stereocenters. The third kappa shape index (κ3) is 4.33. The Labute approximate surface area is 191 Å². The molecule has 1 aliphatic rings. The molecule has 1 saturated heterocycles. The van der Waals surface area contributed by atoms with Crippen LogP contribution < -0.4 is 4.74 Å². The molecule has 1 aromatic heterocycles. The fourth-order valence-corrected chi connectivity index (χ4v) is 4.01. The zero-order valence-corrected chi connectivity index (χ0v) is 18.6. The number of halogens is 1. The van der Waals surface area contributed by atoms with Gasteiger partial charge < -0.3 is 14.7 Å². The molecule has 32 heavy (non-hydrogen) atoms. The number of piperidine rings is 1. The Bertz CT molecular complexity index is 1190. The smallest absolute Gasteiger partial charge is 0.253 e. The van der Waals surface area contributed by atoms with Gasteiger partial charge in [-0.3, -0.25) is 4.79 Å². The van der Waals surface area contributed by atoms with Gasteiger partial charge in [0.15, 0.2) is 5.75 Å². The van der Waals surface area contributed by atoms with Crippen molar-refractivity contribution in [2.45, 2.75) is 32.8 Å². The number of benzene rings is 2. The minimum absolute atomic E-state index is 0.0404. The summed E-state index contributed by atoms with van der Waals surface area (Å²) in [6.45, 7) is 4.88. The summed E-state index contributed by atoms with van der Waals surface area (Å²) in [6, 6.07) is 14.2. The van der Waals surface area contributed by atoms with Gasteiger partial charge in [0.2, 0.25) is 0 Å². The van der Waals surface area contributed by atoms with Crippen molar-refractivity contribution in [3.8, 4) is 23.3 Å². The SMILES string of the molecule is Cc1nn(-c2ccc(C#N)c(Cl)c2)c(C)c1Oc1ccc(C(=O)N2CCC(O)CC2)cc1. The lowest BCUT2D eigenvalue weighted by molar-refractivity contribution is 0.0546. The molecule has 0 bridgehead atoms. The lowest BCUT2D eigenvalue weighted by Crippen LogP contribution is -2.40. The maximum absolute atomic E-state index is 12.7. The van der Waals surface area contributed by atoms with Crippen LogP contribution in [0.1, 0.15) is 40.2 Å². The van der Waals surface area contributed by atoms with E-state index in [0.29, 0.717) is 59.3 Å². The molecule has 0 aliphatic carbocycles. The van der Waals surface area contributed by atoms with Gasteiger partial charge in [-0.1, -0.05) is 11.6 Å². The third-order valence-corrected chi connectivity index (χ3v) is 5.93. The van der Waals surface area contributed by atoms with E-state index in [2.05, 4.69) is 5.10 Å². The highest BCUT2D eigenvalue weighted by molar-refractivity contribution is 6.31. The van der Waals surface area contributed by atoms with E-state index in [1.807, 2.05) is 19.9 Å². The molecule has 164 valence electrons. The van der Waals surface area contributed by atoms with Crippen LogP contribution in [0.5, 0.6) is 11.5 Å². The zero-order chi connectivity index (χ0) is 22.8. The van der Waals surface area contributed by atoms with Gasteiger partial charge in [-0.2, -0.15) is 10.4 Å². The average Bonchev–Trinajstić information content (AvgIpc) is 3.08. The van der Waals surface area contributed by atoms with Gasteiger partial charge in [0.05, 0.1) is 28.1 Å². The summed E-state index contributed by atoms with van der Waals surface area (Å²) in [4.78, 5) is 14.4. The minimum Gasteiger partial charge on any atom is -0.453 e. The van der Waals surface area contributed by atoms with E-state index < -0.39 is 0 Å². The quantitative estimate of drug-likeness (QED) is 0.636. The first-order valence-electron chi connectivity index (χ1n) is 10.4. The zero-order valence-electron chi connectivity index (χ0n) is 17.9. The molecule has 1 aliphatic heterocycles. The van der Waals surface area contributed by atoms with Crippen LogP contribution in [-0.4, -0.2) is 44.9 Å². The molecule has 1 amide bonds. The fraction of sp³-hybridized carbons (Fsp3) is 0.292. The number of carbonyl (C=O) groups is 1. The van der Waals surface area contributed by atoms with E-state index in [-0.39, 0.29) is 12.0 Å². The summed E-state index contributed by atoms with van der Waals surface area (Å²) >= 11 is 6.17. The second-order valence-electron chi connectivity index (χ2n) is 7.84. The van der Waals surface area contributed by atoms with Crippen LogP contribution in [0.2, 0.25) is 5.02 Å². The van der Waals surface area contributed by atoms with Gasteiger partial charge in [-0.15, -0.1) is 0 Å². The van der Waals surface area contributed by atoms with Crippen molar-refractivity contribution in [3.63, 3.8) is 0 Å². The number of carbonyl (C=O) groups excluding carboxylic acids is 1. The van der Waals surface area contributed by atoms with Crippen LogP contribution in [0.25, 0.3) is 5.69 Å². The fourth-order valence-electron chi connectivity index (χ4n) is 3.79. The molecule has 1 N–H and O–H groups in total.